The number of hydrogen-bond donors (Lipinski definition) is 0. The lowest BCUT2D eigenvalue weighted by molar-refractivity contribution is 0.0679. The Hall–Kier alpha value is -2.54. The van der Waals surface area contributed by atoms with Crippen molar-refractivity contribution in [2.24, 2.45) is 13.0 Å². The zero-order chi connectivity index (χ0) is 19.7. The first-order chi connectivity index (χ1) is 13.6. The number of likely N-dealkylation sites (tertiary alicyclic amines) is 1. The number of hydrogen-bond acceptors (Lipinski definition) is 4. The largest absolute Gasteiger partial charge is 0.339 e. The number of benzene rings is 1. The van der Waals surface area contributed by atoms with E-state index in [-0.39, 0.29) is 11.6 Å². The number of amides is 1. The van der Waals surface area contributed by atoms with Crippen LogP contribution in [0.5, 0.6) is 0 Å². The van der Waals surface area contributed by atoms with Gasteiger partial charge in [0.2, 0.25) is 0 Å². The van der Waals surface area contributed by atoms with E-state index in [1.807, 2.05) is 47.6 Å². The Bertz CT molecular complexity index is 1060. The van der Waals surface area contributed by atoms with E-state index in [0.29, 0.717) is 12.5 Å². The van der Waals surface area contributed by atoms with Crippen molar-refractivity contribution in [2.45, 2.75) is 24.3 Å². The molecule has 4 rings (SSSR count). The topological polar surface area (TPSA) is 60.1 Å². The average molecular weight is 397 g/mol. The highest BCUT2D eigenvalue weighted by molar-refractivity contribution is 7.98. The number of piperidine rings is 1. The lowest BCUT2D eigenvalue weighted by atomic mass is 9.96. The van der Waals surface area contributed by atoms with E-state index in [1.165, 1.54) is 0 Å². The minimum Gasteiger partial charge on any atom is -0.339 e. The molecule has 3 aromatic rings. The van der Waals surface area contributed by atoms with E-state index >= 15 is 0 Å². The van der Waals surface area contributed by atoms with E-state index < -0.39 is 0 Å². The molecule has 0 unspecified atom stereocenters. The van der Waals surface area contributed by atoms with E-state index in [0.717, 1.165) is 47.6 Å². The average Bonchev–Trinajstić information content (AvgIpc) is 2.99. The minimum absolute atomic E-state index is 0.0268. The second-order valence-corrected chi connectivity index (χ2v) is 8.08. The van der Waals surface area contributed by atoms with Crippen LogP contribution < -0.4 is 5.69 Å². The Morgan fingerprint density at radius 3 is 2.68 bits per heavy atom. The molecule has 3 heterocycles. The molecule has 0 saturated carbocycles. The molecule has 28 heavy (non-hydrogen) atoms. The van der Waals surface area contributed by atoms with Gasteiger partial charge in [0.05, 0.1) is 11.1 Å². The van der Waals surface area contributed by atoms with Crippen molar-refractivity contribution in [1.29, 1.82) is 0 Å². The van der Waals surface area contributed by atoms with Crippen molar-refractivity contribution in [1.82, 2.24) is 19.0 Å². The summed E-state index contributed by atoms with van der Waals surface area (Å²) in [6, 6.07) is 11.5. The van der Waals surface area contributed by atoms with E-state index in [4.69, 9.17) is 0 Å². The fourth-order valence-electron chi connectivity index (χ4n) is 3.97. The molecule has 1 aliphatic heterocycles. The summed E-state index contributed by atoms with van der Waals surface area (Å²) < 4.78 is 3.43. The summed E-state index contributed by atoms with van der Waals surface area (Å²) in [7, 11) is 1.79. The third-order valence-corrected chi connectivity index (χ3v) is 6.38. The van der Waals surface area contributed by atoms with Crippen molar-refractivity contribution in [2.75, 3.05) is 19.3 Å². The summed E-state index contributed by atoms with van der Waals surface area (Å²) in [6.07, 6.45) is 5.50. The molecule has 6 nitrogen and oxygen atoms in total. The van der Waals surface area contributed by atoms with Gasteiger partial charge in [0.25, 0.3) is 5.91 Å². The molecule has 1 fully saturated rings. The molecular formula is C21H24N4O2S. The third kappa shape index (κ3) is 3.35. The second-order valence-electron chi connectivity index (χ2n) is 7.23. The number of fused-ring (bicyclic) bond motifs is 1. The van der Waals surface area contributed by atoms with Gasteiger partial charge in [-0.2, -0.15) is 0 Å². The Kier molecular flexibility index (Phi) is 5.26. The van der Waals surface area contributed by atoms with E-state index in [2.05, 4.69) is 4.98 Å². The quantitative estimate of drug-likeness (QED) is 0.636. The summed E-state index contributed by atoms with van der Waals surface area (Å²) >= 11 is 1.60. The number of rotatable bonds is 4. The first-order valence-corrected chi connectivity index (χ1v) is 10.7. The van der Waals surface area contributed by atoms with Crippen LogP contribution in [0.2, 0.25) is 0 Å². The smallest absolute Gasteiger partial charge is 0.330 e. The maximum absolute atomic E-state index is 12.9. The molecule has 0 atom stereocenters. The normalized spacial score (nSPS) is 15.3. The van der Waals surface area contributed by atoms with Gasteiger partial charge in [0, 0.05) is 37.8 Å². The van der Waals surface area contributed by atoms with Gasteiger partial charge in [0.15, 0.2) is 5.65 Å². The highest BCUT2D eigenvalue weighted by Crippen LogP contribution is 2.25. The number of thioether (sulfide) groups is 1. The maximum atomic E-state index is 12.9. The summed E-state index contributed by atoms with van der Waals surface area (Å²) in [5.74, 6) is 0.470. The fraction of sp³-hybridized carbons (Fsp3) is 0.381. The lowest BCUT2D eigenvalue weighted by Gasteiger charge is -2.32. The second kappa shape index (κ2) is 7.83. The van der Waals surface area contributed by atoms with Crippen LogP contribution in [0.15, 0.2) is 52.3 Å². The van der Waals surface area contributed by atoms with E-state index in [9.17, 15) is 9.59 Å². The van der Waals surface area contributed by atoms with Crippen molar-refractivity contribution in [3.63, 3.8) is 0 Å². The molecular weight excluding hydrogens is 372 g/mol. The first-order valence-electron chi connectivity index (χ1n) is 9.52. The number of aryl methyl sites for hydroxylation is 1. The van der Waals surface area contributed by atoms with Crippen LogP contribution in [0.4, 0.5) is 0 Å². The van der Waals surface area contributed by atoms with Crippen molar-refractivity contribution in [3.8, 4) is 0 Å². The zero-order valence-electron chi connectivity index (χ0n) is 16.2. The van der Waals surface area contributed by atoms with Gasteiger partial charge in [-0.1, -0.05) is 12.1 Å². The molecule has 0 spiro atoms. The maximum Gasteiger partial charge on any atom is 0.330 e. The Morgan fingerprint density at radius 1 is 1.18 bits per heavy atom. The molecule has 0 radical (unpaired) electrons. The molecule has 146 valence electrons. The molecule has 0 aliphatic carbocycles. The number of pyridine rings is 1. The molecule has 0 N–H and O–H groups in total. The van der Waals surface area contributed by atoms with Crippen LogP contribution in [0.25, 0.3) is 11.2 Å². The van der Waals surface area contributed by atoms with Gasteiger partial charge >= 0.3 is 5.69 Å². The van der Waals surface area contributed by atoms with Crippen molar-refractivity contribution in [3.05, 3.63) is 58.6 Å². The molecule has 2 aromatic heterocycles. The van der Waals surface area contributed by atoms with Gasteiger partial charge in [-0.3, -0.25) is 13.9 Å². The fourth-order valence-corrected chi connectivity index (χ4v) is 4.56. The summed E-state index contributed by atoms with van der Waals surface area (Å²) in [4.78, 5) is 32.9. The molecule has 0 bridgehead atoms. The van der Waals surface area contributed by atoms with Crippen LogP contribution in [0.3, 0.4) is 0 Å². The Labute approximate surface area is 168 Å². The summed E-state index contributed by atoms with van der Waals surface area (Å²) in [5.41, 5.74) is 2.35. The predicted molar refractivity (Wildman–Crippen MR) is 112 cm³/mol. The molecule has 7 heteroatoms. The minimum atomic E-state index is -0.0268. The molecule has 1 aliphatic rings. The zero-order valence-corrected chi connectivity index (χ0v) is 17.0. The monoisotopic (exact) mass is 396 g/mol. The van der Waals surface area contributed by atoms with E-state index in [1.54, 1.807) is 34.1 Å². The van der Waals surface area contributed by atoms with Gasteiger partial charge < -0.3 is 4.90 Å². The van der Waals surface area contributed by atoms with Crippen LogP contribution in [0.1, 0.15) is 23.2 Å². The highest BCUT2D eigenvalue weighted by Gasteiger charge is 2.26. The standard InChI is InChI=1S/C21H24N4O2S/c1-23-17-7-5-11-22-19(17)25(21(23)27)14-15-9-12-24(13-10-15)20(26)16-6-3-4-8-18(16)28-2/h3-8,11,15H,9-10,12-14H2,1-2H3. The van der Waals surface area contributed by atoms with Crippen LogP contribution in [0, 0.1) is 5.92 Å². The SMILES string of the molecule is CSc1ccccc1C(=O)N1CCC(Cn2c(=O)n(C)c3cccnc32)CC1. The van der Waals surface area contributed by atoms with Crippen LogP contribution in [-0.2, 0) is 13.6 Å². The highest BCUT2D eigenvalue weighted by atomic mass is 32.2. The molecule has 1 amide bonds. The van der Waals surface area contributed by atoms with Gasteiger partial charge in [-0.15, -0.1) is 11.8 Å². The Morgan fingerprint density at radius 2 is 1.93 bits per heavy atom. The third-order valence-electron chi connectivity index (χ3n) is 5.58. The number of carbonyl (C=O) groups is 1. The van der Waals surface area contributed by atoms with Gasteiger partial charge in [-0.05, 0) is 49.3 Å². The number of aromatic nitrogens is 3. The van der Waals surface area contributed by atoms with Crippen molar-refractivity contribution < 1.29 is 4.79 Å². The van der Waals surface area contributed by atoms with Gasteiger partial charge in [-0.25, -0.2) is 9.78 Å². The molecule has 1 aromatic carbocycles. The number of imidazole rings is 1. The molecule has 1 saturated heterocycles. The van der Waals surface area contributed by atoms with Crippen LogP contribution in [-0.4, -0.2) is 44.3 Å². The van der Waals surface area contributed by atoms with Gasteiger partial charge in [0.1, 0.15) is 0 Å². The van der Waals surface area contributed by atoms with Crippen LogP contribution >= 0.6 is 11.8 Å². The first kappa shape index (κ1) is 18.8. The summed E-state index contributed by atoms with van der Waals surface area (Å²) in [5, 5.41) is 0. The summed E-state index contributed by atoms with van der Waals surface area (Å²) in [6.45, 7) is 2.09. The number of carbonyl (C=O) groups excluding carboxylic acids is 1. The number of nitrogens with zero attached hydrogens (tertiary/aromatic N) is 4. The predicted octanol–water partition coefficient (Wildman–Crippen LogP) is 3.01. The lowest BCUT2D eigenvalue weighted by Crippen LogP contribution is -2.40. The Balaban J connectivity index is 1.46. The van der Waals surface area contributed by atoms with Crippen molar-refractivity contribution >= 4 is 28.8 Å².